The topological polar surface area (TPSA) is 43.8 Å². The molecule has 0 aliphatic heterocycles. The summed E-state index contributed by atoms with van der Waals surface area (Å²) in [7, 11) is 0. The molecule has 1 unspecified atom stereocenters. The number of nitrogens with zero attached hydrogens (tertiary/aromatic N) is 2. The van der Waals surface area contributed by atoms with E-state index in [1.54, 1.807) is 0 Å². The average molecular weight is 195 g/mol. The highest BCUT2D eigenvalue weighted by molar-refractivity contribution is 5.00. The van der Waals surface area contributed by atoms with E-state index in [0.717, 1.165) is 25.1 Å². The lowest BCUT2D eigenvalue weighted by Gasteiger charge is -2.09. The van der Waals surface area contributed by atoms with Crippen molar-refractivity contribution in [2.75, 3.05) is 6.54 Å². The van der Waals surface area contributed by atoms with Gasteiger partial charge in [-0.25, -0.2) is 0 Å². The van der Waals surface area contributed by atoms with Gasteiger partial charge >= 0.3 is 0 Å². The molecule has 0 saturated carbocycles. The van der Waals surface area contributed by atoms with Crippen molar-refractivity contribution < 1.29 is 0 Å². The van der Waals surface area contributed by atoms with Gasteiger partial charge in [0.2, 0.25) is 0 Å². The molecule has 0 aliphatic rings. The van der Waals surface area contributed by atoms with E-state index in [1.165, 1.54) is 0 Å². The van der Waals surface area contributed by atoms with Crippen LogP contribution in [0, 0.1) is 5.92 Å². The molecule has 0 bridgehead atoms. The van der Waals surface area contributed by atoms with Crippen LogP contribution in [0.2, 0.25) is 0 Å². The number of hydrogen-bond donors (Lipinski definition) is 1. The zero-order chi connectivity index (χ0) is 10.6. The van der Waals surface area contributed by atoms with E-state index >= 15 is 0 Å². The van der Waals surface area contributed by atoms with Crippen molar-refractivity contribution in [1.29, 1.82) is 0 Å². The fraction of sp³-hybridized carbons (Fsp3) is 0.727. The molecule has 0 aliphatic carbocycles. The Bertz CT molecular complexity index is 261. The molecule has 0 amide bonds. The molecule has 14 heavy (non-hydrogen) atoms. The van der Waals surface area contributed by atoms with E-state index in [0.29, 0.717) is 12.0 Å². The third-order valence-corrected chi connectivity index (χ3v) is 2.60. The van der Waals surface area contributed by atoms with E-state index < -0.39 is 0 Å². The van der Waals surface area contributed by atoms with Crippen molar-refractivity contribution in [3.63, 3.8) is 0 Å². The van der Waals surface area contributed by atoms with Crippen molar-refractivity contribution in [3.8, 4) is 0 Å². The van der Waals surface area contributed by atoms with Crippen LogP contribution in [0.4, 0.5) is 0 Å². The molecule has 0 fully saturated rings. The molecule has 0 radical (unpaired) electrons. The first-order valence-corrected chi connectivity index (χ1v) is 5.41. The lowest BCUT2D eigenvalue weighted by Crippen LogP contribution is -2.16. The van der Waals surface area contributed by atoms with Crippen LogP contribution in [0.15, 0.2) is 12.3 Å². The molecule has 1 atom stereocenters. The summed E-state index contributed by atoms with van der Waals surface area (Å²) in [5.74, 6) is 0.575. The zero-order valence-electron chi connectivity index (χ0n) is 9.40. The first-order valence-electron chi connectivity index (χ1n) is 5.41. The zero-order valence-corrected chi connectivity index (χ0v) is 9.40. The third-order valence-electron chi connectivity index (χ3n) is 2.60. The Morgan fingerprint density at radius 2 is 2.21 bits per heavy atom. The molecule has 1 aromatic rings. The predicted molar refractivity (Wildman–Crippen MR) is 59.2 cm³/mol. The minimum atomic E-state index is 0.446. The first kappa shape index (κ1) is 11.2. The van der Waals surface area contributed by atoms with Gasteiger partial charge in [0, 0.05) is 12.2 Å². The van der Waals surface area contributed by atoms with Crippen LogP contribution in [-0.4, -0.2) is 16.3 Å². The highest BCUT2D eigenvalue weighted by Crippen LogP contribution is 2.11. The molecular weight excluding hydrogens is 174 g/mol. The van der Waals surface area contributed by atoms with E-state index in [4.69, 9.17) is 5.73 Å². The van der Waals surface area contributed by atoms with Gasteiger partial charge in [0.1, 0.15) is 0 Å². The van der Waals surface area contributed by atoms with Crippen LogP contribution in [-0.2, 0) is 6.42 Å². The molecule has 3 heteroatoms. The standard InChI is InChI=1S/C11H21N3/c1-4-10(8-12)7-11-5-6-14(13-11)9(2)3/h5-6,9-10H,4,7-8,12H2,1-3H3. The van der Waals surface area contributed by atoms with Gasteiger partial charge in [-0.05, 0) is 38.8 Å². The van der Waals surface area contributed by atoms with Crippen LogP contribution in [0.5, 0.6) is 0 Å². The number of aromatic nitrogens is 2. The van der Waals surface area contributed by atoms with Crippen LogP contribution >= 0.6 is 0 Å². The fourth-order valence-electron chi connectivity index (χ4n) is 1.46. The van der Waals surface area contributed by atoms with Crippen LogP contribution in [0.1, 0.15) is 38.9 Å². The Hall–Kier alpha value is -0.830. The number of hydrogen-bond acceptors (Lipinski definition) is 2. The molecule has 1 aromatic heterocycles. The second-order valence-corrected chi connectivity index (χ2v) is 4.09. The van der Waals surface area contributed by atoms with E-state index in [-0.39, 0.29) is 0 Å². The van der Waals surface area contributed by atoms with Gasteiger partial charge in [0.25, 0.3) is 0 Å². The fourth-order valence-corrected chi connectivity index (χ4v) is 1.46. The van der Waals surface area contributed by atoms with E-state index in [9.17, 15) is 0 Å². The number of nitrogens with two attached hydrogens (primary N) is 1. The largest absolute Gasteiger partial charge is 0.330 e. The Kier molecular flexibility index (Phi) is 4.14. The summed E-state index contributed by atoms with van der Waals surface area (Å²) in [5, 5.41) is 4.51. The van der Waals surface area contributed by atoms with Gasteiger partial charge in [-0.15, -0.1) is 0 Å². The van der Waals surface area contributed by atoms with Crippen LogP contribution in [0.25, 0.3) is 0 Å². The maximum atomic E-state index is 5.66. The predicted octanol–water partition coefficient (Wildman–Crippen LogP) is 1.99. The SMILES string of the molecule is CCC(CN)Cc1ccn(C(C)C)n1. The second-order valence-electron chi connectivity index (χ2n) is 4.09. The first-order chi connectivity index (χ1) is 6.67. The highest BCUT2D eigenvalue weighted by atomic mass is 15.3. The van der Waals surface area contributed by atoms with Crippen LogP contribution in [0.3, 0.4) is 0 Å². The average Bonchev–Trinajstić information content (AvgIpc) is 2.62. The van der Waals surface area contributed by atoms with Crippen molar-refractivity contribution in [2.45, 2.75) is 39.7 Å². The summed E-state index contributed by atoms with van der Waals surface area (Å²) >= 11 is 0. The maximum absolute atomic E-state index is 5.66. The number of rotatable bonds is 5. The highest BCUT2D eigenvalue weighted by Gasteiger charge is 2.08. The van der Waals surface area contributed by atoms with Crippen molar-refractivity contribution >= 4 is 0 Å². The summed E-state index contributed by atoms with van der Waals surface area (Å²) in [5.41, 5.74) is 6.83. The van der Waals surface area contributed by atoms with Crippen molar-refractivity contribution in [1.82, 2.24) is 9.78 Å². The molecule has 0 aromatic carbocycles. The Labute approximate surface area is 86.3 Å². The molecule has 3 nitrogen and oxygen atoms in total. The molecule has 2 N–H and O–H groups in total. The minimum Gasteiger partial charge on any atom is -0.330 e. The normalized spacial score (nSPS) is 13.5. The summed E-state index contributed by atoms with van der Waals surface area (Å²) in [6.45, 7) is 7.20. The smallest absolute Gasteiger partial charge is 0.0627 e. The monoisotopic (exact) mass is 195 g/mol. The summed E-state index contributed by atoms with van der Waals surface area (Å²) in [6.07, 6.45) is 4.18. The minimum absolute atomic E-state index is 0.446. The lowest BCUT2D eigenvalue weighted by atomic mass is 10.0. The van der Waals surface area contributed by atoms with Gasteiger partial charge in [-0.2, -0.15) is 5.10 Å². The van der Waals surface area contributed by atoms with Gasteiger partial charge in [0.15, 0.2) is 0 Å². The van der Waals surface area contributed by atoms with Gasteiger partial charge in [-0.3, -0.25) is 4.68 Å². The quantitative estimate of drug-likeness (QED) is 0.781. The van der Waals surface area contributed by atoms with E-state index in [1.807, 2.05) is 10.9 Å². The van der Waals surface area contributed by atoms with Gasteiger partial charge in [-0.1, -0.05) is 13.3 Å². The lowest BCUT2D eigenvalue weighted by molar-refractivity contribution is 0.489. The third kappa shape index (κ3) is 2.84. The Balaban J connectivity index is 2.58. The maximum Gasteiger partial charge on any atom is 0.0627 e. The second kappa shape index (κ2) is 5.15. The summed E-state index contributed by atoms with van der Waals surface area (Å²) < 4.78 is 2.00. The van der Waals surface area contributed by atoms with Crippen molar-refractivity contribution in [2.24, 2.45) is 11.7 Å². The van der Waals surface area contributed by atoms with Gasteiger partial charge < -0.3 is 5.73 Å². The molecule has 1 heterocycles. The van der Waals surface area contributed by atoms with E-state index in [2.05, 4.69) is 31.9 Å². The van der Waals surface area contributed by atoms with Crippen LogP contribution < -0.4 is 5.73 Å². The molecular formula is C11H21N3. The summed E-state index contributed by atoms with van der Waals surface area (Å²) in [4.78, 5) is 0. The summed E-state index contributed by atoms with van der Waals surface area (Å²) in [6, 6.07) is 2.54. The van der Waals surface area contributed by atoms with Gasteiger partial charge in [0.05, 0.1) is 5.69 Å². The Morgan fingerprint density at radius 3 is 2.64 bits per heavy atom. The van der Waals surface area contributed by atoms with Crippen molar-refractivity contribution in [3.05, 3.63) is 18.0 Å². The Morgan fingerprint density at radius 1 is 1.50 bits per heavy atom. The molecule has 0 spiro atoms. The molecule has 80 valence electrons. The molecule has 1 rings (SSSR count). The molecule has 0 saturated heterocycles.